The molecule has 0 radical (unpaired) electrons. The van der Waals surface area contributed by atoms with Crippen LogP contribution >= 0.6 is 23.2 Å². The highest BCUT2D eigenvalue weighted by molar-refractivity contribution is 6.36. The maximum atomic E-state index is 13.9. The summed E-state index contributed by atoms with van der Waals surface area (Å²) >= 11 is 12.1. The van der Waals surface area contributed by atoms with Crippen LogP contribution in [0.25, 0.3) is 11.1 Å². The molecule has 0 unspecified atom stereocenters. The van der Waals surface area contributed by atoms with E-state index in [0.29, 0.717) is 12.4 Å². The van der Waals surface area contributed by atoms with Crippen LogP contribution in [0.3, 0.4) is 0 Å². The van der Waals surface area contributed by atoms with Crippen molar-refractivity contribution in [3.8, 4) is 16.9 Å². The lowest BCUT2D eigenvalue weighted by Crippen LogP contribution is -1.96. The molecule has 0 saturated carbocycles. The first-order chi connectivity index (χ1) is 9.43. The summed E-state index contributed by atoms with van der Waals surface area (Å²) in [4.78, 5) is 0. The molecule has 0 saturated heterocycles. The van der Waals surface area contributed by atoms with Gasteiger partial charge in [-0.1, -0.05) is 23.2 Å². The minimum absolute atomic E-state index is 0.00773. The summed E-state index contributed by atoms with van der Waals surface area (Å²) in [6, 6.07) is 4.80. The van der Waals surface area contributed by atoms with Gasteiger partial charge in [-0.2, -0.15) is 0 Å². The number of ether oxygens (including phenoxy) is 1. The normalized spacial score (nSPS) is 10.7. The van der Waals surface area contributed by atoms with Gasteiger partial charge >= 0.3 is 0 Å². The Morgan fingerprint density at radius 1 is 1.00 bits per heavy atom. The first-order valence-corrected chi connectivity index (χ1v) is 6.56. The number of halogens is 4. The topological polar surface area (TPSA) is 35.2 Å². The number of nitrogen functional groups attached to an aromatic ring is 1. The minimum Gasteiger partial charge on any atom is -0.492 e. The summed E-state index contributed by atoms with van der Waals surface area (Å²) in [6.07, 6.45) is 0. The average molecular weight is 318 g/mol. The van der Waals surface area contributed by atoms with Gasteiger partial charge in [0.15, 0.2) is 0 Å². The Hall–Kier alpha value is -1.52. The molecule has 0 aliphatic heterocycles. The van der Waals surface area contributed by atoms with Gasteiger partial charge in [-0.15, -0.1) is 0 Å². The largest absolute Gasteiger partial charge is 0.492 e. The molecule has 2 N–H and O–H groups in total. The Morgan fingerprint density at radius 3 is 2.35 bits per heavy atom. The van der Waals surface area contributed by atoms with Crippen LogP contribution in [0.15, 0.2) is 24.3 Å². The fourth-order valence-electron chi connectivity index (χ4n) is 1.77. The second-order valence-corrected chi connectivity index (χ2v) is 4.86. The third kappa shape index (κ3) is 2.81. The summed E-state index contributed by atoms with van der Waals surface area (Å²) < 4.78 is 32.7. The first kappa shape index (κ1) is 14.9. The van der Waals surface area contributed by atoms with Crippen LogP contribution in [0, 0.1) is 11.6 Å². The van der Waals surface area contributed by atoms with Gasteiger partial charge in [0.25, 0.3) is 0 Å². The zero-order chi connectivity index (χ0) is 14.9. The Balaban J connectivity index is 2.59. The molecule has 0 spiro atoms. The molecule has 106 valence electrons. The van der Waals surface area contributed by atoms with Gasteiger partial charge in [0.1, 0.15) is 17.4 Å². The van der Waals surface area contributed by atoms with Crippen LogP contribution < -0.4 is 10.5 Å². The Morgan fingerprint density at radius 2 is 1.70 bits per heavy atom. The summed E-state index contributed by atoms with van der Waals surface area (Å²) in [5.74, 6) is -1.01. The molecule has 20 heavy (non-hydrogen) atoms. The van der Waals surface area contributed by atoms with Gasteiger partial charge in [-0.25, -0.2) is 8.78 Å². The predicted molar refractivity (Wildman–Crippen MR) is 77.4 cm³/mol. The highest BCUT2D eigenvalue weighted by Crippen LogP contribution is 2.38. The zero-order valence-electron chi connectivity index (χ0n) is 10.5. The van der Waals surface area contributed by atoms with Gasteiger partial charge in [-0.05, 0) is 19.1 Å². The van der Waals surface area contributed by atoms with E-state index in [4.69, 9.17) is 33.7 Å². The van der Waals surface area contributed by atoms with Crippen molar-refractivity contribution in [2.75, 3.05) is 12.3 Å². The molecule has 0 aromatic heterocycles. The molecule has 6 heteroatoms. The fraction of sp³-hybridized carbons (Fsp3) is 0.143. The van der Waals surface area contributed by atoms with Crippen molar-refractivity contribution in [2.45, 2.75) is 6.92 Å². The van der Waals surface area contributed by atoms with Crippen molar-refractivity contribution in [3.63, 3.8) is 0 Å². The smallest absolute Gasteiger partial charge is 0.146 e. The molecule has 2 aromatic carbocycles. The number of anilines is 1. The van der Waals surface area contributed by atoms with Crippen LogP contribution in [0.2, 0.25) is 10.0 Å². The van der Waals surface area contributed by atoms with Crippen molar-refractivity contribution >= 4 is 28.9 Å². The molecule has 2 aromatic rings. The van der Waals surface area contributed by atoms with Gasteiger partial charge in [0.2, 0.25) is 0 Å². The van der Waals surface area contributed by atoms with E-state index in [1.807, 2.05) is 0 Å². The zero-order valence-corrected chi connectivity index (χ0v) is 12.0. The molecular formula is C14H11Cl2F2NO. The maximum Gasteiger partial charge on any atom is 0.146 e. The first-order valence-electron chi connectivity index (χ1n) is 5.80. The Labute approximate surface area is 125 Å². The van der Waals surface area contributed by atoms with Crippen molar-refractivity contribution in [3.05, 3.63) is 45.9 Å². The molecular weight excluding hydrogens is 307 g/mol. The van der Waals surface area contributed by atoms with E-state index in [1.54, 1.807) is 6.92 Å². The lowest BCUT2D eigenvalue weighted by molar-refractivity contribution is 0.340. The molecule has 0 aliphatic rings. The molecule has 0 amide bonds. The number of rotatable bonds is 3. The van der Waals surface area contributed by atoms with Crippen LogP contribution in [0.1, 0.15) is 6.92 Å². The second kappa shape index (κ2) is 5.85. The molecule has 0 fully saturated rings. The predicted octanol–water partition coefficient (Wildman–Crippen LogP) is 4.92. The van der Waals surface area contributed by atoms with Gasteiger partial charge in [-0.3, -0.25) is 0 Å². The minimum atomic E-state index is -0.720. The van der Waals surface area contributed by atoms with E-state index in [1.165, 1.54) is 12.1 Å². The SMILES string of the molecule is CCOc1cc(Cl)c(-c2cc(F)c(N)cc2F)cc1Cl. The molecule has 0 bridgehead atoms. The number of hydrogen-bond acceptors (Lipinski definition) is 2. The Bertz CT molecular complexity index is 662. The molecule has 0 aliphatic carbocycles. The van der Waals surface area contributed by atoms with Crippen LogP contribution in [-0.4, -0.2) is 6.61 Å². The standard InChI is InChI=1S/C14H11Cl2F2NO/c1-2-20-14-5-9(15)7(3-10(14)16)8-4-12(18)13(19)6-11(8)17/h3-6H,2,19H2,1H3. The quantitative estimate of drug-likeness (QED) is 0.815. The highest BCUT2D eigenvalue weighted by Gasteiger charge is 2.15. The van der Waals surface area contributed by atoms with E-state index >= 15 is 0 Å². The van der Waals surface area contributed by atoms with Crippen molar-refractivity contribution < 1.29 is 13.5 Å². The fourth-order valence-corrected chi connectivity index (χ4v) is 2.24. The van der Waals surface area contributed by atoms with Crippen molar-refractivity contribution in [1.29, 1.82) is 0 Å². The van der Waals surface area contributed by atoms with Gasteiger partial charge in [0, 0.05) is 23.3 Å². The van der Waals surface area contributed by atoms with Gasteiger partial charge in [0.05, 0.1) is 22.3 Å². The van der Waals surface area contributed by atoms with Crippen LogP contribution in [0.5, 0.6) is 5.75 Å². The van der Waals surface area contributed by atoms with E-state index < -0.39 is 11.6 Å². The highest BCUT2D eigenvalue weighted by atomic mass is 35.5. The lowest BCUT2D eigenvalue weighted by Gasteiger charge is -2.11. The van der Waals surface area contributed by atoms with Crippen molar-refractivity contribution in [1.82, 2.24) is 0 Å². The molecule has 2 nitrogen and oxygen atoms in total. The molecule has 0 heterocycles. The van der Waals surface area contributed by atoms with E-state index in [-0.39, 0.29) is 26.9 Å². The number of nitrogens with two attached hydrogens (primary N) is 1. The average Bonchev–Trinajstić information content (AvgIpc) is 2.38. The summed E-state index contributed by atoms with van der Waals surface area (Å²) in [6.45, 7) is 2.22. The number of hydrogen-bond donors (Lipinski definition) is 1. The second-order valence-electron chi connectivity index (χ2n) is 4.05. The van der Waals surface area contributed by atoms with E-state index in [9.17, 15) is 8.78 Å². The summed E-state index contributed by atoms with van der Waals surface area (Å²) in [5, 5.41) is 0.476. The van der Waals surface area contributed by atoms with Crippen LogP contribution in [-0.2, 0) is 0 Å². The third-order valence-corrected chi connectivity index (χ3v) is 3.31. The monoisotopic (exact) mass is 317 g/mol. The third-order valence-electron chi connectivity index (χ3n) is 2.70. The summed E-state index contributed by atoms with van der Waals surface area (Å²) in [7, 11) is 0. The maximum absolute atomic E-state index is 13.9. The van der Waals surface area contributed by atoms with Crippen LogP contribution in [0.4, 0.5) is 14.5 Å². The molecule has 0 atom stereocenters. The van der Waals surface area contributed by atoms with E-state index in [2.05, 4.69) is 0 Å². The number of benzene rings is 2. The summed E-state index contributed by atoms with van der Waals surface area (Å²) in [5.41, 5.74) is 5.31. The lowest BCUT2D eigenvalue weighted by atomic mass is 10.0. The van der Waals surface area contributed by atoms with Crippen molar-refractivity contribution in [2.24, 2.45) is 0 Å². The van der Waals surface area contributed by atoms with Gasteiger partial charge < -0.3 is 10.5 Å². The van der Waals surface area contributed by atoms with E-state index in [0.717, 1.165) is 12.1 Å². The molecule has 2 rings (SSSR count). The Kier molecular flexibility index (Phi) is 4.35.